The van der Waals surface area contributed by atoms with Crippen LogP contribution in [0.25, 0.3) is 6.08 Å². The summed E-state index contributed by atoms with van der Waals surface area (Å²) in [6, 6.07) is 18.8. The Morgan fingerprint density at radius 3 is 2.36 bits per heavy atom. The molecule has 4 heteroatoms. The number of hydrogen-bond donors (Lipinski definition) is 0. The minimum Gasteiger partial charge on any atom is -0.295 e. The molecule has 0 spiro atoms. The lowest BCUT2D eigenvalue weighted by atomic mass is 10.1. The molecular formula is C21H24ClN3. The van der Waals surface area contributed by atoms with E-state index >= 15 is 0 Å². The average Bonchev–Trinajstić information content (AvgIpc) is 2.64. The van der Waals surface area contributed by atoms with Crippen LogP contribution >= 0.6 is 11.6 Å². The van der Waals surface area contributed by atoms with Crippen LogP contribution in [0.3, 0.4) is 0 Å². The Morgan fingerprint density at radius 2 is 1.68 bits per heavy atom. The van der Waals surface area contributed by atoms with E-state index < -0.39 is 0 Å². The number of piperazine rings is 1. The van der Waals surface area contributed by atoms with Gasteiger partial charge in [-0.25, -0.2) is 0 Å². The molecule has 1 saturated heterocycles. The van der Waals surface area contributed by atoms with Crippen LogP contribution in [-0.2, 0) is 6.54 Å². The fourth-order valence-electron chi connectivity index (χ4n) is 2.85. The highest BCUT2D eigenvalue weighted by atomic mass is 35.5. The van der Waals surface area contributed by atoms with Crippen molar-refractivity contribution in [2.75, 3.05) is 26.2 Å². The molecule has 0 aromatic heterocycles. The van der Waals surface area contributed by atoms with Crippen molar-refractivity contribution < 1.29 is 0 Å². The van der Waals surface area contributed by atoms with Crippen molar-refractivity contribution in [1.29, 1.82) is 0 Å². The fraction of sp³-hybridized carbons (Fsp3) is 0.286. The topological polar surface area (TPSA) is 18.8 Å². The number of halogens is 1. The molecule has 3 nitrogen and oxygen atoms in total. The van der Waals surface area contributed by atoms with Crippen LogP contribution < -0.4 is 0 Å². The lowest BCUT2D eigenvalue weighted by Crippen LogP contribution is -2.43. The number of benzene rings is 2. The first kappa shape index (κ1) is 17.7. The maximum Gasteiger partial charge on any atom is 0.0657 e. The minimum atomic E-state index is 0.647. The second kappa shape index (κ2) is 8.84. The molecular weight excluding hydrogens is 330 g/mol. The lowest BCUT2D eigenvalue weighted by Gasteiger charge is -2.33. The Balaban J connectivity index is 1.47. The van der Waals surface area contributed by atoms with E-state index in [0.717, 1.165) is 38.3 Å². The van der Waals surface area contributed by atoms with Crippen molar-refractivity contribution in [2.45, 2.75) is 13.5 Å². The number of nitrogens with zero attached hydrogens (tertiary/aromatic N) is 3. The summed E-state index contributed by atoms with van der Waals surface area (Å²) in [5.74, 6) is 0. The van der Waals surface area contributed by atoms with E-state index in [1.807, 2.05) is 36.4 Å². The molecule has 0 unspecified atom stereocenters. The van der Waals surface area contributed by atoms with Crippen LogP contribution in [0.1, 0.15) is 16.7 Å². The molecule has 0 aliphatic carbocycles. The highest BCUT2D eigenvalue weighted by molar-refractivity contribution is 6.41. The van der Waals surface area contributed by atoms with Gasteiger partial charge in [-0.3, -0.25) is 9.91 Å². The molecule has 1 fully saturated rings. The van der Waals surface area contributed by atoms with Crippen LogP contribution in [0.15, 0.2) is 64.7 Å². The third-order valence-corrected chi connectivity index (χ3v) is 4.53. The highest BCUT2D eigenvalue weighted by Gasteiger charge is 2.15. The maximum absolute atomic E-state index is 6.26. The normalized spacial score (nSPS) is 16.6. The average molecular weight is 354 g/mol. The van der Waals surface area contributed by atoms with E-state index in [2.05, 4.69) is 46.2 Å². The molecule has 0 atom stereocenters. The van der Waals surface area contributed by atoms with Crippen molar-refractivity contribution >= 4 is 23.9 Å². The summed E-state index contributed by atoms with van der Waals surface area (Å²) < 4.78 is 0. The Bertz CT molecular complexity index is 715. The summed E-state index contributed by atoms with van der Waals surface area (Å²) in [5.41, 5.74) is 3.77. The molecule has 0 bridgehead atoms. The van der Waals surface area contributed by atoms with Crippen LogP contribution in [0, 0.1) is 6.92 Å². The summed E-state index contributed by atoms with van der Waals surface area (Å²) in [6.07, 6.45) is 3.67. The van der Waals surface area contributed by atoms with Crippen LogP contribution in [0.2, 0.25) is 0 Å². The van der Waals surface area contributed by atoms with Gasteiger partial charge in [-0.2, -0.15) is 5.10 Å². The standard InChI is InChI=1S/C21H24ClN3/c1-18-7-9-20(10-8-18)17-24-11-13-25(14-12-24)23-16-21(22)15-19-5-3-2-4-6-19/h2-10,15-16H,11-14,17H2,1H3/b21-15-,23-16+. The molecule has 130 valence electrons. The van der Waals surface area contributed by atoms with Gasteiger partial charge in [0, 0.05) is 32.7 Å². The van der Waals surface area contributed by atoms with E-state index in [9.17, 15) is 0 Å². The fourth-order valence-corrected chi connectivity index (χ4v) is 3.01. The van der Waals surface area contributed by atoms with E-state index in [-0.39, 0.29) is 0 Å². The molecule has 1 aliphatic rings. The van der Waals surface area contributed by atoms with Crippen LogP contribution in [-0.4, -0.2) is 42.3 Å². The van der Waals surface area contributed by atoms with Gasteiger partial charge in [-0.15, -0.1) is 0 Å². The molecule has 1 aliphatic heterocycles. The summed E-state index contributed by atoms with van der Waals surface area (Å²) in [4.78, 5) is 2.47. The van der Waals surface area contributed by atoms with Gasteiger partial charge in [0.05, 0.1) is 11.2 Å². The van der Waals surface area contributed by atoms with Crippen molar-refractivity contribution in [2.24, 2.45) is 5.10 Å². The minimum absolute atomic E-state index is 0.647. The Labute approximate surface area is 155 Å². The SMILES string of the molecule is Cc1ccc(CN2CCN(/N=C/C(Cl)=C/c3ccccc3)CC2)cc1. The number of aryl methyl sites for hydroxylation is 1. The van der Waals surface area contributed by atoms with Crippen molar-refractivity contribution in [3.63, 3.8) is 0 Å². The molecule has 2 aromatic carbocycles. The van der Waals surface area contributed by atoms with Crippen molar-refractivity contribution in [1.82, 2.24) is 9.91 Å². The van der Waals surface area contributed by atoms with Gasteiger partial charge < -0.3 is 0 Å². The van der Waals surface area contributed by atoms with E-state index in [4.69, 9.17) is 11.6 Å². The Hall–Kier alpha value is -2.10. The van der Waals surface area contributed by atoms with Gasteiger partial charge in [-0.05, 0) is 24.1 Å². The van der Waals surface area contributed by atoms with Crippen LogP contribution in [0.5, 0.6) is 0 Å². The molecule has 25 heavy (non-hydrogen) atoms. The zero-order valence-corrected chi connectivity index (χ0v) is 15.4. The smallest absolute Gasteiger partial charge is 0.0657 e. The summed E-state index contributed by atoms with van der Waals surface area (Å²) >= 11 is 6.26. The first-order valence-electron chi connectivity index (χ1n) is 8.68. The van der Waals surface area contributed by atoms with Crippen molar-refractivity contribution in [3.05, 3.63) is 76.3 Å². The molecule has 0 amide bonds. The number of allylic oxidation sites excluding steroid dienone is 1. The largest absolute Gasteiger partial charge is 0.295 e. The van der Waals surface area contributed by atoms with E-state index in [1.165, 1.54) is 11.1 Å². The summed E-state index contributed by atoms with van der Waals surface area (Å²) in [6.45, 7) is 7.02. The maximum atomic E-state index is 6.26. The first-order chi connectivity index (χ1) is 12.2. The number of hydrazone groups is 1. The predicted molar refractivity (Wildman–Crippen MR) is 107 cm³/mol. The highest BCUT2D eigenvalue weighted by Crippen LogP contribution is 2.11. The van der Waals surface area contributed by atoms with E-state index in [1.54, 1.807) is 6.21 Å². The monoisotopic (exact) mass is 353 g/mol. The predicted octanol–water partition coefficient (Wildman–Crippen LogP) is 4.38. The quantitative estimate of drug-likeness (QED) is 0.743. The van der Waals surface area contributed by atoms with Crippen molar-refractivity contribution in [3.8, 4) is 0 Å². The summed E-state index contributed by atoms with van der Waals surface area (Å²) in [7, 11) is 0. The van der Waals surface area contributed by atoms with Gasteiger partial charge in [0.2, 0.25) is 0 Å². The lowest BCUT2D eigenvalue weighted by molar-refractivity contribution is 0.131. The number of rotatable bonds is 5. The molecule has 0 saturated carbocycles. The zero-order valence-electron chi connectivity index (χ0n) is 14.6. The van der Waals surface area contributed by atoms with Gasteiger partial charge in [0.25, 0.3) is 0 Å². The molecule has 1 heterocycles. The first-order valence-corrected chi connectivity index (χ1v) is 9.06. The second-order valence-corrected chi connectivity index (χ2v) is 6.84. The van der Waals surface area contributed by atoms with Crippen LogP contribution in [0.4, 0.5) is 0 Å². The summed E-state index contributed by atoms with van der Waals surface area (Å²) in [5, 5.41) is 7.25. The molecule has 0 radical (unpaired) electrons. The molecule has 2 aromatic rings. The number of hydrogen-bond acceptors (Lipinski definition) is 3. The molecule has 3 rings (SSSR count). The Kier molecular flexibility index (Phi) is 6.26. The van der Waals surface area contributed by atoms with E-state index in [0.29, 0.717) is 5.03 Å². The molecule has 0 N–H and O–H groups in total. The second-order valence-electron chi connectivity index (χ2n) is 6.40. The third kappa shape index (κ3) is 5.73. The third-order valence-electron chi connectivity index (χ3n) is 4.32. The zero-order chi connectivity index (χ0) is 17.5. The van der Waals surface area contributed by atoms with Gasteiger partial charge in [-0.1, -0.05) is 71.8 Å². The van der Waals surface area contributed by atoms with Gasteiger partial charge in [0.1, 0.15) is 0 Å². The van der Waals surface area contributed by atoms with Gasteiger partial charge >= 0.3 is 0 Å². The van der Waals surface area contributed by atoms with Gasteiger partial charge in [0.15, 0.2) is 0 Å². The Morgan fingerprint density at radius 1 is 1.00 bits per heavy atom.